The second-order valence-corrected chi connectivity index (χ2v) is 6.82. The van der Waals surface area contributed by atoms with Gasteiger partial charge in [-0.3, -0.25) is 14.3 Å². The van der Waals surface area contributed by atoms with Crippen molar-refractivity contribution in [2.24, 2.45) is 5.92 Å². The minimum atomic E-state index is -1.62. The first-order valence-electron chi connectivity index (χ1n) is 7.56. The summed E-state index contributed by atoms with van der Waals surface area (Å²) in [7, 11) is 0. The number of alkyl halides is 1. The van der Waals surface area contributed by atoms with Crippen molar-refractivity contribution in [2.45, 2.75) is 30.2 Å². The van der Waals surface area contributed by atoms with E-state index in [-0.39, 0.29) is 17.0 Å². The number of aromatic nitrogens is 3. The lowest BCUT2D eigenvalue weighted by molar-refractivity contribution is -0.0661. The molecule has 26 heavy (non-hydrogen) atoms. The van der Waals surface area contributed by atoms with E-state index >= 15 is 0 Å². The van der Waals surface area contributed by atoms with E-state index in [0.29, 0.717) is 0 Å². The fraction of sp³-hybridized carbons (Fsp3) is 0.467. The molecule has 2 aromatic rings. The van der Waals surface area contributed by atoms with Gasteiger partial charge in [-0.05, 0) is 18.5 Å². The van der Waals surface area contributed by atoms with Crippen molar-refractivity contribution in [1.82, 2.24) is 14.5 Å². The van der Waals surface area contributed by atoms with Crippen LogP contribution < -0.4 is 11.3 Å². The fourth-order valence-corrected chi connectivity index (χ4v) is 3.86. The number of halogens is 3. The first kappa shape index (κ1) is 18.9. The third-order valence-electron chi connectivity index (χ3n) is 4.40. The quantitative estimate of drug-likeness (QED) is 0.436. The number of nitrogen functional groups attached to an aromatic ring is 1. The smallest absolute Gasteiger partial charge is 0.264 e. The maximum Gasteiger partial charge on any atom is 0.264 e. The van der Waals surface area contributed by atoms with Crippen LogP contribution in [0.5, 0.6) is 0 Å². The van der Waals surface area contributed by atoms with E-state index in [0.717, 1.165) is 10.8 Å². The second-order valence-electron chi connectivity index (χ2n) is 6.00. The number of hydrogen-bond acceptors (Lipinski definition) is 6. The molecule has 2 aromatic heterocycles. The van der Waals surface area contributed by atoms with Crippen LogP contribution in [0.1, 0.15) is 13.2 Å². The summed E-state index contributed by atoms with van der Waals surface area (Å²) in [6.45, 7) is 0.982. The molecule has 1 aliphatic rings. The van der Waals surface area contributed by atoms with Crippen LogP contribution in [0.4, 0.5) is 10.3 Å². The molecule has 5 N–H and O–H groups in total. The van der Waals surface area contributed by atoms with Gasteiger partial charge in [0.1, 0.15) is 5.39 Å². The standard InChI is InChI=1S/C15H15Cl2FN4O4/c1-6(24)10-7(5-23)15(17,2-3-16)13(26-10)22-4-8(18)9-11(22)20-14(19)21-12(9)25/h4,6-7,10,13,23-24H,5H2,1H3,(H3,19,20,21,25)/t6-,7?,10+,13+,15?/m0/s1. The molecule has 1 aliphatic heterocycles. The molecule has 0 radical (unpaired) electrons. The number of aliphatic hydroxyl groups is 2. The molecule has 1 fully saturated rings. The van der Waals surface area contributed by atoms with E-state index in [4.69, 9.17) is 33.7 Å². The van der Waals surface area contributed by atoms with Gasteiger partial charge in [-0.2, -0.15) is 4.98 Å². The minimum Gasteiger partial charge on any atom is -0.396 e. The summed E-state index contributed by atoms with van der Waals surface area (Å²) in [5, 5.41) is 21.6. The summed E-state index contributed by atoms with van der Waals surface area (Å²) in [4.78, 5) is 16.5. The average molecular weight is 405 g/mol. The zero-order valence-electron chi connectivity index (χ0n) is 13.4. The van der Waals surface area contributed by atoms with Crippen LogP contribution in [0.3, 0.4) is 0 Å². The predicted octanol–water partition coefficient (Wildman–Crippen LogP) is 0.510. The van der Waals surface area contributed by atoms with Crippen molar-refractivity contribution in [3.05, 3.63) is 22.4 Å². The zero-order chi connectivity index (χ0) is 19.2. The lowest BCUT2D eigenvalue weighted by Gasteiger charge is -2.27. The van der Waals surface area contributed by atoms with Crippen molar-refractivity contribution >= 4 is 40.2 Å². The van der Waals surface area contributed by atoms with Crippen molar-refractivity contribution in [3.63, 3.8) is 0 Å². The third kappa shape index (κ3) is 2.74. The minimum absolute atomic E-state index is 0.113. The Morgan fingerprint density at radius 3 is 2.92 bits per heavy atom. The number of fused-ring (bicyclic) bond motifs is 1. The number of nitrogens with one attached hydrogen (secondary N) is 1. The molecule has 1 saturated heterocycles. The molecule has 2 unspecified atom stereocenters. The molecule has 3 rings (SSSR count). The highest BCUT2D eigenvalue weighted by Gasteiger charge is 2.57. The third-order valence-corrected chi connectivity index (χ3v) is 5.06. The van der Waals surface area contributed by atoms with Gasteiger partial charge in [-0.1, -0.05) is 17.5 Å². The van der Waals surface area contributed by atoms with E-state index in [1.165, 1.54) is 6.92 Å². The number of rotatable bonds is 3. The summed E-state index contributed by atoms with van der Waals surface area (Å²) in [6.07, 6.45) is -2.16. The van der Waals surface area contributed by atoms with Crippen LogP contribution in [-0.4, -0.2) is 48.4 Å². The summed E-state index contributed by atoms with van der Waals surface area (Å²) in [5.74, 6) is 0.616. The Bertz CT molecular complexity index is 966. The predicted molar refractivity (Wildman–Crippen MR) is 93.1 cm³/mol. The number of ether oxygens (including phenoxy) is 1. The zero-order valence-corrected chi connectivity index (χ0v) is 14.9. The highest BCUT2D eigenvalue weighted by atomic mass is 35.5. The van der Waals surface area contributed by atoms with Gasteiger partial charge in [0.25, 0.3) is 5.56 Å². The average Bonchev–Trinajstić information content (AvgIpc) is 3.02. The number of anilines is 1. The SMILES string of the molecule is C[C@H](O)[C@H]1O[C@@H](n2cc(F)c3c(=O)[nH]c(N)nc32)C(Cl)(C#CCl)C1CO. The maximum absolute atomic E-state index is 14.3. The van der Waals surface area contributed by atoms with Gasteiger partial charge in [-0.15, -0.1) is 0 Å². The van der Waals surface area contributed by atoms with Crippen LogP contribution in [0.2, 0.25) is 0 Å². The van der Waals surface area contributed by atoms with Gasteiger partial charge in [0.2, 0.25) is 5.95 Å². The highest BCUT2D eigenvalue weighted by molar-refractivity contribution is 6.32. The molecule has 0 aliphatic carbocycles. The molecule has 3 heterocycles. The van der Waals surface area contributed by atoms with Crippen molar-refractivity contribution in [1.29, 1.82) is 0 Å². The molecule has 140 valence electrons. The highest BCUT2D eigenvalue weighted by Crippen LogP contribution is 2.49. The number of aliphatic hydroxyl groups excluding tert-OH is 2. The van der Waals surface area contributed by atoms with E-state index in [9.17, 15) is 19.4 Å². The summed E-state index contributed by atoms with van der Waals surface area (Å²) < 4.78 is 21.3. The Kier molecular flexibility index (Phi) is 4.90. The van der Waals surface area contributed by atoms with Crippen LogP contribution in [0.15, 0.2) is 11.0 Å². The van der Waals surface area contributed by atoms with Crippen LogP contribution in [0, 0.1) is 23.0 Å². The normalized spacial score (nSPS) is 29.5. The van der Waals surface area contributed by atoms with Gasteiger partial charge in [0.15, 0.2) is 22.6 Å². The summed E-state index contributed by atoms with van der Waals surface area (Å²) >= 11 is 12.2. The lowest BCUT2D eigenvalue weighted by atomic mass is 9.87. The molecule has 0 spiro atoms. The summed E-state index contributed by atoms with van der Waals surface area (Å²) in [5.41, 5.74) is 4.67. The van der Waals surface area contributed by atoms with Gasteiger partial charge in [-0.25, -0.2) is 4.39 Å². The molecule has 5 atom stereocenters. The Hall–Kier alpha value is -1.83. The van der Waals surface area contributed by atoms with Crippen molar-refractivity contribution in [3.8, 4) is 11.3 Å². The van der Waals surface area contributed by atoms with Crippen LogP contribution in [-0.2, 0) is 4.74 Å². The molecule has 0 aromatic carbocycles. The van der Waals surface area contributed by atoms with E-state index in [2.05, 4.69) is 21.3 Å². The van der Waals surface area contributed by atoms with Crippen molar-refractivity contribution < 1.29 is 19.3 Å². The van der Waals surface area contributed by atoms with E-state index < -0.39 is 47.2 Å². The van der Waals surface area contributed by atoms with E-state index in [1.807, 2.05) is 0 Å². The van der Waals surface area contributed by atoms with E-state index in [1.54, 1.807) is 0 Å². The molecule has 0 bridgehead atoms. The molecular formula is C15H15Cl2FN4O4. The first-order valence-corrected chi connectivity index (χ1v) is 8.32. The van der Waals surface area contributed by atoms with Crippen LogP contribution >= 0.6 is 23.2 Å². The number of H-pyrrole nitrogens is 1. The lowest BCUT2D eigenvalue weighted by Crippen LogP contribution is -2.40. The van der Waals surface area contributed by atoms with Gasteiger partial charge in [0.05, 0.1) is 18.8 Å². The largest absolute Gasteiger partial charge is 0.396 e. The Morgan fingerprint density at radius 2 is 2.35 bits per heavy atom. The van der Waals surface area contributed by atoms with Gasteiger partial charge < -0.3 is 20.7 Å². The molecule has 0 amide bonds. The maximum atomic E-state index is 14.3. The summed E-state index contributed by atoms with van der Waals surface area (Å²) in [6, 6.07) is 0. The monoisotopic (exact) mass is 404 g/mol. The number of nitrogens with two attached hydrogens (primary N) is 1. The topological polar surface area (TPSA) is 126 Å². The van der Waals surface area contributed by atoms with Gasteiger partial charge in [0, 0.05) is 17.5 Å². The Morgan fingerprint density at radius 1 is 1.65 bits per heavy atom. The fourth-order valence-electron chi connectivity index (χ4n) is 3.25. The molecule has 0 saturated carbocycles. The second kappa shape index (κ2) is 6.72. The molecule has 11 heteroatoms. The number of nitrogens with zero attached hydrogens (tertiary/aromatic N) is 2. The van der Waals surface area contributed by atoms with Crippen LogP contribution in [0.25, 0.3) is 11.0 Å². The Balaban J connectivity index is 2.26. The Labute approximate surface area is 156 Å². The number of hydrogen-bond donors (Lipinski definition) is 4. The molecule has 8 nitrogen and oxygen atoms in total. The molecular weight excluding hydrogens is 390 g/mol. The first-order chi connectivity index (χ1) is 12.2. The van der Waals surface area contributed by atoms with Gasteiger partial charge >= 0.3 is 0 Å². The van der Waals surface area contributed by atoms with Crippen molar-refractivity contribution in [2.75, 3.05) is 12.3 Å². The number of aromatic amines is 1.